The maximum atomic E-state index is 12.9. The van der Waals surface area contributed by atoms with E-state index in [1.165, 1.54) is 12.1 Å². The van der Waals surface area contributed by atoms with E-state index in [0.717, 1.165) is 11.8 Å². The molecular weight excluding hydrogens is 281 g/mol. The number of benzene rings is 1. The molecule has 6 heteroatoms. The van der Waals surface area contributed by atoms with E-state index in [1.807, 2.05) is 12.1 Å². The minimum Gasteiger partial charge on any atom is -0.399 e. The molecule has 0 unspecified atom stereocenters. The molecule has 2 rings (SSSR count). The zero-order chi connectivity index (χ0) is 15.3. The lowest BCUT2D eigenvalue weighted by molar-refractivity contribution is -0.138. The van der Waals surface area contributed by atoms with E-state index < -0.39 is 11.7 Å². The van der Waals surface area contributed by atoms with Crippen molar-refractivity contribution in [3.05, 3.63) is 59.4 Å². The van der Waals surface area contributed by atoms with Crippen molar-refractivity contribution >= 4 is 5.69 Å². The zero-order valence-electron chi connectivity index (χ0n) is 11.2. The van der Waals surface area contributed by atoms with E-state index in [-0.39, 0.29) is 17.9 Å². The second kappa shape index (κ2) is 6.58. The molecule has 0 amide bonds. The van der Waals surface area contributed by atoms with Crippen molar-refractivity contribution in [3.8, 4) is 0 Å². The predicted octanol–water partition coefficient (Wildman–Crippen LogP) is 3.44. The summed E-state index contributed by atoms with van der Waals surface area (Å²) in [6.45, 7) is 0.195. The second-order valence-corrected chi connectivity index (χ2v) is 4.54. The first-order valence-electron chi connectivity index (χ1n) is 6.40. The molecule has 0 radical (unpaired) electrons. The SMILES string of the molecule is Nc1ccc(COCCc2ccccn2)c(C(F)(F)F)c1. The van der Waals surface area contributed by atoms with E-state index in [9.17, 15) is 13.2 Å². The normalized spacial score (nSPS) is 11.6. The summed E-state index contributed by atoms with van der Waals surface area (Å²) in [6.07, 6.45) is -2.22. The molecule has 0 bridgehead atoms. The predicted molar refractivity (Wildman–Crippen MR) is 73.5 cm³/mol. The molecule has 3 nitrogen and oxygen atoms in total. The third kappa shape index (κ3) is 4.46. The monoisotopic (exact) mass is 296 g/mol. The van der Waals surface area contributed by atoms with Crippen LogP contribution >= 0.6 is 0 Å². The van der Waals surface area contributed by atoms with Crippen LogP contribution in [0.15, 0.2) is 42.6 Å². The van der Waals surface area contributed by atoms with Gasteiger partial charge in [-0.25, -0.2) is 0 Å². The van der Waals surface area contributed by atoms with Crippen LogP contribution in [0.2, 0.25) is 0 Å². The zero-order valence-corrected chi connectivity index (χ0v) is 11.2. The number of rotatable bonds is 5. The molecule has 1 heterocycles. The van der Waals surface area contributed by atoms with E-state index >= 15 is 0 Å². The van der Waals surface area contributed by atoms with Gasteiger partial charge in [0, 0.05) is 24.0 Å². The number of alkyl halides is 3. The van der Waals surface area contributed by atoms with Crippen molar-refractivity contribution < 1.29 is 17.9 Å². The van der Waals surface area contributed by atoms with Crippen LogP contribution in [-0.2, 0) is 23.9 Å². The summed E-state index contributed by atoms with van der Waals surface area (Å²) in [4.78, 5) is 4.12. The van der Waals surface area contributed by atoms with E-state index in [4.69, 9.17) is 10.5 Å². The standard InChI is InChI=1S/C15H15F3N2O/c16-15(17,18)14-9-12(19)5-4-11(14)10-21-8-6-13-3-1-2-7-20-13/h1-5,7,9H,6,8,10,19H2. The van der Waals surface area contributed by atoms with Gasteiger partial charge in [0.2, 0.25) is 0 Å². The molecular formula is C15H15F3N2O. The summed E-state index contributed by atoms with van der Waals surface area (Å²) in [5, 5.41) is 0. The first-order valence-corrected chi connectivity index (χ1v) is 6.40. The Balaban J connectivity index is 1.94. The van der Waals surface area contributed by atoms with Gasteiger partial charge in [-0.1, -0.05) is 12.1 Å². The lowest BCUT2D eigenvalue weighted by atomic mass is 10.1. The quantitative estimate of drug-likeness (QED) is 0.679. The highest BCUT2D eigenvalue weighted by Crippen LogP contribution is 2.33. The van der Waals surface area contributed by atoms with Crippen LogP contribution in [0.3, 0.4) is 0 Å². The van der Waals surface area contributed by atoms with E-state index in [0.29, 0.717) is 13.0 Å². The van der Waals surface area contributed by atoms with Crippen LogP contribution in [0.4, 0.5) is 18.9 Å². The number of hydrogen-bond acceptors (Lipinski definition) is 3. The molecule has 0 spiro atoms. The molecule has 0 atom stereocenters. The Morgan fingerprint density at radius 3 is 2.62 bits per heavy atom. The van der Waals surface area contributed by atoms with Gasteiger partial charge in [0.1, 0.15) is 0 Å². The third-order valence-corrected chi connectivity index (χ3v) is 2.93. The fraction of sp³-hybridized carbons (Fsp3) is 0.267. The van der Waals surface area contributed by atoms with E-state index in [2.05, 4.69) is 4.98 Å². The van der Waals surface area contributed by atoms with Gasteiger partial charge in [-0.3, -0.25) is 4.98 Å². The molecule has 0 saturated heterocycles. The maximum absolute atomic E-state index is 12.9. The number of halogens is 3. The van der Waals surface area contributed by atoms with Gasteiger partial charge >= 0.3 is 6.18 Å². The van der Waals surface area contributed by atoms with Gasteiger partial charge in [0.15, 0.2) is 0 Å². The van der Waals surface area contributed by atoms with Gasteiger partial charge < -0.3 is 10.5 Å². The molecule has 1 aromatic heterocycles. The molecule has 1 aromatic carbocycles. The molecule has 0 aliphatic heterocycles. The number of aromatic nitrogens is 1. The minimum absolute atomic E-state index is 0.0812. The van der Waals surface area contributed by atoms with Crippen LogP contribution in [0.25, 0.3) is 0 Å². The summed E-state index contributed by atoms with van der Waals surface area (Å²) in [5.41, 5.74) is 5.66. The Bertz CT molecular complexity index is 585. The van der Waals surface area contributed by atoms with Crippen LogP contribution in [0.1, 0.15) is 16.8 Å². The van der Waals surface area contributed by atoms with Crippen molar-refractivity contribution in [2.75, 3.05) is 12.3 Å². The minimum atomic E-state index is -4.44. The fourth-order valence-corrected chi connectivity index (χ4v) is 1.89. The highest BCUT2D eigenvalue weighted by atomic mass is 19.4. The average molecular weight is 296 g/mol. The maximum Gasteiger partial charge on any atom is 0.416 e. The number of nitrogen functional groups attached to an aromatic ring is 1. The molecule has 0 aliphatic rings. The summed E-state index contributed by atoms with van der Waals surface area (Å²) in [6, 6.07) is 9.20. The van der Waals surface area contributed by atoms with Gasteiger partial charge in [0.05, 0.1) is 18.8 Å². The first kappa shape index (κ1) is 15.3. The second-order valence-electron chi connectivity index (χ2n) is 4.54. The van der Waals surface area contributed by atoms with Gasteiger partial charge in [-0.05, 0) is 29.8 Å². The van der Waals surface area contributed by atoms with Crippen LogP contribution < -0.4 is 5.73 Å². The highest BCUT2D eigenvalue weighted by Gasteiger charge is 2.33. The van der Waals surface area contributed by atoms with Crippen molar-refractivity contribution in [2.45, 2.75) is 19.2 Å². The van der Waals surface area contributed by atoms with Crippen LogP contribution in [0, 0.1) is 0 Å². The first-order chi connectivity index (χ1) is 9.97. The Morgan fingerprint density at radius 1 is 1.14 bits per heavy atom. The average Bonchev–Trinajstić information content (AvgIpc) is 2.45. The van der Waals surface area contributed by atoms with Crippen molar-refractivity contribution in [1.29, 1.82) is 0 Å². The number of nitrogens with two attached hydrogens (primary N) is 1. The number of anilines is 1. The highest BCUT2D eigenvalue weighted by molar-refractivity contribution is 5.45. The van der Waals surface area contributed by atoms with Crippen molar-refractivity contribution in [2.24, 2.45) is 0 Å². The van der Waals surface area contributed by atoms with Crippen molar-refractivity contribution in [3.63, 3.8) is 0 Å². The largest absolute Gasteiger partial charge is 0.416 e. The van der Waals surface area contributed by atoms with E-state index in [1.54, 1.807) is 12.3 Å². The Labute approximate surface area is 120 Å². The topological polar surface area (TPSA) is 48.1 Å². The van der Waals surface area contributed by atoms with Gasteiger partial charge in [-0.15, -0.1) is 0 Å². The number of pyridine rings is 1. The summed E-state index contributed by atoms with van der Waals surface area (Å²) in [7, 11) is 0. The molecule has 2 N–H and O–H groups in total. The molecule has 0 fully saturated rings. The Kier molecular flexibility index (Phi) is 4.80. The fourth-order valence-electron chi connectivity index (χ4n) is 1.89. The number of hydrogen-bond donors (Lipinski definition) is 1. The summed E-state index contributed by atoms with van der Waals surface area (Å²) >= 11 is 0. The Morgan fingerprint density at radius 2 is 1.95 bits per heavy atom. The molecule has 0 aliphatic carbocycles. The van der Waals surface area contributed by atoms with Gasteiger partial charge in [0.25, 0.3) is 0 Å². The number of ether oxygens (including phenoxy) is 1. The molecule has 2 aromatic rings. The Hall–Kier alpha value is -2.08. The van der Waals surface area contributed by atoms with Crippen molar-refractivity contribution in [1.82, 2.24) is 4.98 Å². The summed E-state index contributed by atoms with van der Waals surface area (Å²) < 4.78 is 44.0. The lowest BCUT2D eigenvalue weighted by Crippen LogP contribution is -2.11. The summed E-state index contributed by atoms with van der Waals surface area (Å²) in [5.74, 6) is 0. The van der Waals surface area contributed by atoms with Crippen LogP contribution in [0.5, 0.6) is 0 Å². The molecule has 112 valence electrons. The lowest BCUT2D eigenvalue weighted by Gasteiger charge is -2.13. The van der Waals surface area contributed by atoms with Crippen LogP contribution in [-0.4, -0.2) is 11.6 Å². The number of nitrogens with zero attached hydrogens (tertiary/aromatic N) is 1. The van der Waals surface area contributed by atoms with Gasteiger partial charge in [-0.2, -0.15) is 13.2 Å². The third-order valence-electron chi connectivity index (χ3n) is 2.93. The smallest absolute Gasteiger partial charge is 0.399 e. The molecule has 21 heavy (non-hydrogen) atoms. The molecule has 0 saturated carbocycles.